The van der Waals surface area contributed by atoms with Gasteiger partial charge in [0.25, 0.3) is 0 Å². The van der Waals surface area contributed by atoms with Gasteiger partial charge in [0.1, 0.15) is 11.6 Å². The van der Waals surface area contributed by atoms with E-state index in [1.807, 2.05) is 0 Å². The topological polar surface area (TPSA) is 18.5 Å². The van der Waals surface area contributed by atoms with Gasteiger partial charge in [0.2, 0.25) is 23.3 Å². The van der Waals surface area contributed by atoms with Crippen LogP contribution in [0.4, 0.5) is 79.0 Å². The fourth-order valence-electron chi connectivity index (χ4n) is 6.21. The first kappa shape index (κ1) is 38.3. The molecule has 0 spiro atoms. The third-order valence-corrected chi connectivity index (χ3v) is 8.70. The van der Waals surface area contributed by atoms with E-state index in [1.165, 1.54) is 0 Å². The standard InChI is InChI=1S/C35H7BF18O2/c37-10-3-1-2-8-13(10)19(40)29(50)32(53)34(8)55-36(17-9-6-7-4-5-11(38)18(39)12(7)14(9)20(41)25(46)24(17)45)56-35-16(23(44)28(49)31(52)33(35)54)15-21(42)26(47)30(51)27(48)22(15)43/h1-5H,6H2. The van der Waals surface area contributed by atoms with Crippen molar-refractivity contribution in [2.45, 2.75) is 6.42 Å². The second kappa shape index (κ2) is 13.3. The summed E-state index contributed by atoms with van der Waals surface area (Å²) in [5.41, 5.74) is -11.1. The summed E-state index contributed by atoms with van der Waals surface area (Å²) < 4.78 is 279. The molecule has 1 aliphatic rings. The van der Waals surface area contributed by atoms with Crippen molar-refractivity contribution in [3.8, 4) is 33.8 Å². The Hall–Kier alpha value is -6.02. The molecule has 2 nitrogen and oxygen atoms in total. The minimum Gasteiger partial charge on any atom is -0.519 e. The molecule has 0 unspecified atom stereocenters. The molecule has 0 fully saturated rings. The lowest BCUT2D eigenvalue weighted by Gasteiger charge is -2.24. The fourth-order valence-corrected chi connectivity index (χ4v) is 6.21. The third kappa shape index (κ3) is 5.33. The van der Waals surface area contributed by atoms with E-state index >= 15 is 39.5 Å². The van der Waals surface area contributed by atoms with Crippen LogP contribution in [0.3, 0.4) is 0 Å². The first-order valence-electron chi connectivity index (χ1n) is 14.9. The summed E-state index contributed by atoms with van der Waals surface area (Å²) in [6.07, 6.45) is -1.05. The Kier molecular flexibility index (Phi) is 9.11. The van der Waals surface area contributed by atoms with Gasteiger partial charge in [-0.1, -0.05) is 18.2 Å². The Labute approximate surface area is 298 Å². The number of halogens is 18. The lowest BCUT2D eigenvalue weighted by molar-refractivity contribution is 0.360. The molecule has 0 aliphatic heterocycles. The maximum Gasteiger partial charge on any atom is 0.636 e. The van der Waals surface area contributed by atoms with E-state index < -0.39 is 179 Å². The Balaban J connectivity index is 1.60. The zero-order valence-corrected chi connectivity index (χ0v) is 26.3. The number of hydrogen-bond acceptors (Lipinski definition) is 2. The van der Waals surface area contributed by atoms with Crippen LogP contribution in [0, 0.1) is 105 Å². The predicted octanol–water partition coefficient (Wildman–Crippen LogP) is 10.4. The monoisotopic (exact) mass is 812 g/mol. The van der Waals surface area contributed by atoms with E-state index in [0.29, 0.717) is 24.3 Å². The van der Waals surface area contributed by atoms with Gasteiger partial charge in [-0.2, -0.15) is 8.78 Å². The predicted molar refractivity (Wildman–Crippen MR) is 156 cm³/mol. The molecule has 0 heterocycles. The molecule has 6 aromatic rings. The highest BCUT2D eigenvalue weighted by Gasteiger charge is 2.45. The lowest BCUT2D eigenvalue weighted by Crippen LogP contribution is -2.48. The van der Waals surface area contributed by atoms with Crippen LogP contribution in [-0.2, 0) is 6.42 Å². The Morgan fingerprint density at radius 3 is 1.48 bits per heavy atom. The van der Waals surface area contributed by atoms with E-state index in [4.69, 9.17) is 9.31 Å². The van der Waals surface area contributed by atoms with E-state index in [-0.39, 0.29) is 0 Å². The van der Waals surface area contributed by atoms with Crippen LogP contribution in [0.1, 0.15) is 11.1 Å². The number of fused-ring (bicyclic) bond motifs is 4. The van der Waals surface area contributed by atoms with Crippen molar-refractivity contribution in [1.29, 1.82) is 0 Å². The van der Waals surface area contributed by atoms with Crippen molar-refractivity contribution < 1.29 is 88.3 Å². The highest BCUT2D eigenvalue weighted by molar-refractivity contribution is 6.64. The zero-order valence-electron chi connectivity index (χ0n) is 26.3. The molecule has 6 aromatic carbocycles. The van der Waals surface area contributed by atoms with E-state index in [0.717, 1.165) is 6.07 Å². The molecule has 0 aromatic heterocycles. The van der Waals surface area contributed by atoms with Crippen molar-refractivity contribution in [2.75, 3.05) is 0 Å². The highest BCUT2D eigenvalue weighted by Crippen LogP contribution is 2.45. The highest BCUT2D eigenvalue weighted by atomic mass is 19.2. The summed E-state index contributed by atoms with van der Waals surface area (Å²) >= 11 is 0. The first-order chi connectivity index (χ1) is 26.3. The molecule has 21 heteroatoms. The van der Waals surface area contributed by atoms with Crippen molar-refractivity contribution in [2.24, 2.45) is 0 Å². The summed E-state index contributed by atoms with van der Waals surface area (Å²) in [7, 11) is -3.56. The summed E-state index contributed by atoms with van der Waals surface area (Å²) in [5.74, 6) is -51.5. The molecule has 56 heavy (non-hydrogen) atoms. The van der Waals surface area contributed by atoms with Gasteiger partial charge in [-0.3, -0.25) is 0 Å². The van der Waals surface area contributed by atoms with E-state index in [1.54, 1.807) is 0 Å². The molecule has 0 bridgehead atoms. The molecule has 0 amide bonds. The van der Waals surface area contributed by atoms with E-state index in [2.05, 4.69) is 0 Å². The first-order valence-corrected chi connectivity index (χ1v) is 14.9. The largest absolute Gasteiger partial charge is 0.636 e. The van der Waals surface area contributed by atoms with Crippen LogP contribution < -0.4 is 14.8 Å². The van der Waals surface area contributed by atoms with Crippen LogP contribution in [0.5, 0.6) is 11.5 Å². The molecule has 7 rings (SSSR count). The summed E-state index contributed by atoms with van der Waals surface area (Å²) in [4.78, 5) is 0. The third-order valence-electron chi connectivity index (χ3n) is 8.70. The number of hydrogen-bond donors (Lipinski definition) is 0. The summed E-state index contributed by atoms with van der Waals surface area (Å²) in [6, 6.07) is 2.91. The molecule has 0 N–H and O–H groups in total. The smallest absolute Gasteiger partial charge is 0.519 e. The maximum absolute atomic E-state index is 16.0. The summed E-state index contributed by atoms with van der Waals surface area (Å²) in [6.45, 7) is 0. The van der Waals surface area contributed by atoms with Crippen LogP contribution >= 0.6 is 0 Å². The van der Waals surface area contributed by atoms with Gasteiger partial charge in [-0.15, -0.1) is 0 Å². The van der Waals surface area contributed by atoms with Crippen molar-refractivity contribution in [1.82, 2.24) is 0 Å². The minimum atomic E-state index is -3.56. The second-order valence-corrected chi connectivity index (χ2v) is 11.7. The van der Waals surface area contributed by atoms with Crippen LogP contribution in [0.25, 0.3) is 33.0 Å². The molecule has 0 saturated carbocycles. The normalized spacial score (nSPS) is 12.0. The summed E-state index contributed by atoms with van der Waals surface area (Å²) in [5, 5.41) is -2.66. The number of rotatable bonds is 6. The van der Waals surface area contributed by atoms with E-state index in [9.17, 15) is 39.5 Å². The molecule has 0 atom stereocenters. The SMILES string of the molecule is Fc1ccc2c(c1F)-c1c(F)c(F)c(F)c(B(Oc3c(F)c(F)c(F)c(F)c3-c3c(F)c(F)c(F)c(F)c3F)Oc3c(F)c(F)c(F)c4c(F)cccc34)c1C2. The van der Waals surface area contributed by atoms with Gasteiger partial charge >= 0.3 is 7.12 Å². The zero-order chi connectivity index (χ0) is 41.0. The lowest BCUT2D eigenvalue weighted by atomic mass is 9.73. The van der Waals surface area contributed by atoms with Gasteiger partial charge in [0, 0.05) is 16.5 Å². The van der Waals surface area contributed by atoms with Gasteiger partial charge < -0.3 is 9.31 Å². The average molecular weight is 812 g/mol. The van der Waals surface area contributed by atoms with Crippen LogP contribution in [0.2, 0.25) is 0 Å². The minimum absolute atomic E-state index is 0.446. The maximum atomic E-state index is 16.0. The second-order valence-electron chi connectivity index (χ2n) is 11.7. The Morgan fingerprint density at radius 2 is 0.857 bits per heavy atom. The quantitative estimate of drug-likeness (QED) is 0.0721. The van der Waals surface area contributed by atoms with Gasteiger partial charge in [-0.05, 0) is 29.7 Å². The van der Waals surface area contributed by atoms with Gasteiger partial charge in [0.05, 0.1) is 22.0 Å². The fraction of sp³-hybridized carbons (Fsp3) is 0.0286. The molecule has 0 saturated heterocycles. The number of benzene rings is 6. The van der Waals surface area contributed by atoms with Crippen molar-refractivity contribution in [3.63, 3.8) is 0 Å². The Bertz CT molecular complexity index is 2710. The van der Waals surface area contributed by atoms with Crippen LogP contribution in [0.15, 0.2) is 30.3 Å². The van der Waals surface area contributed by atoms with Crippen molar-refractivity contribution >= 4 is 23.4 Å². The average Bonchev–Trinajstić information content (AvgIpc) is 3.56. The molecule has 0 radical (unpaired) electrons. The molecular formula is C35H7BF18O2. The van der Waals surface area contributed by atoms with Crippen LogP contribution in [-0.4, -0.2) is 7.12 Å². The Morgan fingerprint density at radius 1 is 0.375 bits per heavy atom. The molecular weight excluding hydrogens is 805 g/mol. The van der Waals surface area contributed by atoms with Gasteiger partial charge in [-0.25, -0.2) is 70.2 Å². The molecule has 288 valence electrons. The molecule has 1 aliphatic carbocycles. The van der Waals surface area contributed by atoms with Gasteiger partial charge in [0.15, 0.2) is 81.4 Å². The van der Waals surface area contributed by atoms with Crippen molar-refractivity contribution in [3.05, 3.63) is 146 Å².